The Morgan fingerprint density at radius 1 is 1.00 bits per heavy atom. The Balaban J connectivity index is 1.94. The number of hydrogen-bond acceptors (Lipinski definition) is 3. The Morgan fingerprint density at radius 3 is 2.41 bits per heavy atom. The van der Waals surface area contributed by atoms with Gasteiger partial charge < -0.3 is 14.4 Å². The van der Waals surface area contributed by atoms with E-state index >= 15 is 0 Å². The highest BCUT2D eigenvalue weighted by atomic mass is 16.5. The largest absolute Gasteiger partial charge is 0.478 e. The molecule has 0 saturated heterocycles. The average molecular weight is 363 g/mol. The molecular formula is C22H21NO4. The highest BCUT2D eigenvalue weighted by molar-refractivity contribution is 5.90. The van der Waals surface area contributed by atoms with Crippen molar-refractivity contribution in [2.75, 3.05) is 6.61 Å². The van der Waals surface area contributed by atoms with Crippen LogP contribution in [0, 0.1) is 0 Å². The maximum atomic E-state index is 12.4. The number of hydrogen-bond donors (Lipinski definition) is 1. The van der Waals surface area contributed by atoms with Gasteiger partial charge in [0.1, 0.15) is 5.69 Å². The summed E-state index contributed by atoms with van der Waals surface area (Å²) in [5.74, 6) is -1.34. The number of esters is 1. The molecule has 0 fully saturated rings. The number of carboxylic acids is 1. The normalized spacial score (nSPS) is 10.6. The van der Waals surface area contributed by atoms with Crippen LogP contribution in [0.25, 0.3) is 0 Å². The molecule has 0 unspecified atom stereocenters. The molecule has 3 rings (SSSR count). The van der Waals surface area contributed by atoms with Crippen molar-refractivity contribution in [2.24, 2.45) is 0 Å². The van der Waals surface area contributed by atoms with Crippen LogP contribution < -0.4 is 0 Å². The van der Waals surface area contributed by atoms with Gasteiger partial charge in [-0.25, -0.2) is 9.59 Å². The van der Waals surface area contributed by atoms with E-state index in [0.29, 0.717) is 30.8 Å². The third kappa shape index (κ3) is 4.44. The van der Waals surface area contributed by atoms with Crippen LogP contribution in [0.15, 0.2) is 66.9 Å². The molecule has 5 heteroatoms. The standard InChI is InChI=1S/C22H21NO4/c1-2-27-22(26)20-13-17(12-18-10-6-7-11-19(18)21(24)25)15-23(20)14-16-8-4-3-5-9-16/h3-11,13,15H,2,12,14H2,1H3,(H,24,25). The van der Waals surface area contributed by atoms with E-state index < -0.39 is 5.97 Å². The van der Waals surface area contributed by atoms with Gasteiger partial charge in [-0.3, -0.25) is 0 Å². The van der Waals surface area contributed by atoms with E-state index in [4.69, 9.17) is 4.74 Å². The molecule has 3 aromatic rings. The third-order valence-electron chi connectivity index (χ3n) is 4.28. The van der Waals surface area contributed by atoms with Crippen LogP contribution in [0.5, 0.6) is 0 Å². The minimum absolute atomic E-state index is 0.269. The zero-order valence-electron chi connectivity index (χ0n) is 15.1. The van der Waals surface area contributed by atoms with E-state index in [0.717, 1.165) is 11.1 Å². The Bertz CT molecular complexity index is 944. The molecule has 0 bridgehead atoms. The van der Waals surface area contributed by atoms with Crippen LogP contribution in [0.1, 0.15) is 44.5 Å². The van der Waals surface area contributed by atoms with Crippen LogP contribution in [0.4, 0.5) is 0 Å². The van der Waals surface area contributed by atoms with Crippen molar-refractivity contribution >= 4 is 11.9 Å². The van der Waals surface area contributed by atoms with Crippen LogP contribution in [0.3, 0.4) is 0 Å². The van der Waals surface area contributed by atoms with Gasteiger partial charge >= 0.3 is 11.9 Å². The highest BCUT2D eigenvalue weighted by Gasteiger charge is 2.17. The second-order valence-electron chi connectivity index (χ2n) is 6.21. The maximum absolute atomic E-state index is 12.4. The fourth-order valence-corrected chi connectivity index (χ4v) is 3.06. The molecule has 1 heterocycles. The minimum atomic E-state index is -0.958. The van der Waals surface area contributed by atoms with Gasteiger partial charge in [-0.15, -0.1) is 0 Å². The number of nitrogens with zero attached hydrogens (tertiary/aromatic N) is 1. The van der Waals surface area contributed by atoms with E-state index in [-0.39, 0.29) is 11.5 Å². The summed E-state index contributed by atoms with van der Waals surface area (Å²) in [6, 6.07) is 18.5. The van der Waals surface area contributed by atoms with Crippen LogP contribution in [-0.2, 0) is 17.7 Å². The zero-order valence-corrected chi connectivity index (χ0v) is 15.1. The van der Waals surface area contributed by atoms with E-state index in [2.05, 4.69) is 0 Å². The van der Waals surface area contributed by atoms with E-state index in [1.807, 2.05) is 47.2 Å². The Hall–Kier alpha value is -3.34. The van der Waals surface area contributed by atoms with E-state index in [1.165, 1.54) is 0 Å². The van der Waals surface area contributed by atoms with Crippen molar-refractivity contribution in [1.82, 2.24) is 4.57 Å². The Labute approximate surface area is 157 Å². The summed E-state index contributed by atoms with van der Waals surface area (Å²) in [5, 5.41) is 9.38. The van der Waals surface area contributed by atoms with Gasteiger partial charge in [0, 0.05) is 12.7 Å². The number of carbonyl (C=O) groups is 2. The Kier molecular flexibility index (Phi) is 5.71. The summed E-state index contributed by atoms with van der Waals surface area (Å²) in [4.78, 5) is 23.8. The highest BCUT2D eigenvalue weighted by Crippen LogP contribution is 2.19. The first kappa shape index (κ1) is 18.5. The first-order valence-corrected chi connectivity index (χ1v) is 8.79. The quantitative estimate of drug-likeness (QED) is 0.644. The first-order valence-electron chi connectivity index (χ1n) is 8.79. The molecule has 0 amide bonds. The third-order valence-corrected chi connectivity index (χ3v) is 4.28. The van der Waals surface area contributed by atoms with Gasteiger partial charge in [0.2, 0.25) is 0 Å². The summed E-state index contributed by atoms with van der Waals surface area (Å²) in [7, 11) is 0. The molecule has 0 radical (unpaired) electrons. The lowest BCUT2D eigenvalue weighted by Gasteiger charge is -2.08. The monoisotopic (exact) mass is 363 g/mol. The Morgan fingerprint density at radius 2 is 1.70 bits per heavy atom. The summed E-state index contributed by atoms with van der Waals surface area (Å²) in [6.45, 7) is 2.61. The summed E-state index contributed by atoms with van der Waals surface area (Å²) in [5.41, 5.74) is 3.37. The number of carbonyl (C=O) groups excluding carboxylic acids is 1. The molecule has 0 aliphatic carbocycles. The second-order valence-corrected chi connectivity index (χ2v) is 6.21. The van der Waals surface area contributed by atoms with Gasteiger partial charge in [0.05, 0.1) is 12.2 Å². The maximum Gasteiger partial charge on any atom is 0.354 e. The molecule has 5 nitrogen and oxygen atoms in total. The molecule has 0 atom stereocenters. The lowest BCUT2D eigenvalue weighted by atomic mass is 10.0. The van der Waals surface area contributed by atoms with Crippen molar-refractivity contribution < 1.29 is 19.4 Å². The fraction of sp³-hybridized carbons (Fsp3) is 0.182. The first-order chi connectivity index (χ1) is 13.1. The van der Waals surface area contributed by atoms with Crippen molar-refractivity contribution in [1.29, 1.82) is 0 Å². The second kappa shape index (κ2) is 8.36. The van der Waals surface area contributed by atoms with Gasteiger partial charge in [-0.2, -0.15) is 0 Å². The lowest BCUT2D eigenvalue weighted by molar-refractivity contribution is 0.0514. The number of aromatic nitrogens is 1. The van der Waals surface area contributed by atoms with E-state index in [9.17, 15) is 14.7 Å². The number of benzene rings is 2. The SMILES string of the molecule is CCOC(=O)c1cc(Cc2ccccc2C(=O)O)cn1Cc1ccccc1. The molecule has 0 spiro atoms. The average Bonchev–Trinajstić information content (AvgIpc) is 3.05. The molecule has 1 N–H and O–H groups in total. The predicted molar refractivity (Wildman–Crippen MR) is 102 cm³/mol. The van der Waals surface area contributed by atoms with Crippen LogP contribution in [0.2, 0.25) is 0 Å². The fourth-order valence-electron chi connectivity index (χ4n) is 3.06. The zero-order chi connectivity index (χ0) is 19.2. The predicted octanol–water partition coefficient (Wildman–Crippen LogP) is 4.00. The summed E-state index contributed by atoms with van der Waals surface area (Å²) in [6.07, 6.45) is 2.31. The molecule has 0 saturated carbocycles. The van der Waals surface area contributed by atoms with Crippen molar-refractivity contribution in [2.45, 2.75) is 19.9 Å². The summed E-state index contributed by atoms with van der Waals surface area (Å²) >= 11 is 0. The van der Waals surface area contributed by atoms with Gasteiger partial charge in [-0.05, 0) is 42.2 Å². The molecular weight excluding hydrogens is 342 g/mol. The van der Waals surface area contributed by atoms with Gasteiger partial charge in [0.25, 0.3) is 0 Å². The van der Waals surface area contributed by atoms with Crippen LogP contribution >= 0.6 is 0 Å². The minimum Gasteiger partial charge on any atom is -0.478 e. The van der Waals surface area contributed by atoms with Gasteiger partial charge in [0.15, 0.2) is 0 Å². The summed E-state index contributed by atoms with van der Waals surface area (Å²) < 4.78 is 7.03. The molecule has 1 aromatic heterocycles. The molecule has 27 heavy (non-hydrogen) atoms. The number of aromatic carboxylic acids is 1. The lowest BCUT2D eigenvalue weighted by Crippen LogP contribution is -2.12. The molecule has 0 aliphatic rings. The molecule has 138 valence electrons. The number of carboxylic acid groups (broad SMARTS) is 1. The van der Waals surface area contributed by atoms with E-state index in [1.54, 1.807) is 31.2 Å². The van der Waals surface area contributed by atoms with Crippen molar-refractivity contribution in [3.05, 3.63) is 94.8 Å². The van der Waals surface area contributed by atoms with Gasteiger partial charge in [-0.1, -0.05) is 48.5 Å². The van der Waals surface area contributed by atoms with Crippen LogP contribution in [-0.4, -0.2) is 28.2 Å². The van der Waals surface area contributed by atoms with Crippen molar-refractivity contribution in [3.63, 3.8) is 0 Å². The smallest absolute Gasteiger partial charge is 0.354 e. The number of rotatable bonds is 7. The number of ether oxygens (including phenoxy) is 1. The molecule has 0 aliphatic heterocycles. The topological polar surface area (TPSA) is 68.5 Å². The molecule has 2 aromatic carbocycles. The van der Waals surface area contributed by atoms with Crippen molar-refractivity contribution in [3.8, 4) is 0 Å².